The third-order valence-electron chi connectivity index (χ3n) is 6.95. The third-order valence-corrected chi connectivity index (χ3v) is 6.95. The highest BCUT2D eigenvalue weighted by Crippen LogP contribution is 2.45. The molecule has 3 aliphatic rings. The minimum absolute atomic E-state index is 0.124. The Morgan fingerprint density at radius 1 is 1.21 bits per heavy atom. The second kappa shape index (κ2) is 8.58. The molecule has 2 aromatic rings. The fourth-order valence-electron chi connectivity index (χ4n) is 4.73. The average Bonchev–Trinajstić information content (AvgIpc) is 3.75. The Labute approximate surface area is 195 Å². The van der Waals surface area contributed by atoms with Crippen LogP contribution in [0.3, 0.4) is 0 Å². The Kier molecular flexibility index (Phi) is 5.61. The predicted octanol–water partition coefficient (Wildman–Crippen LogP) is 4.01. The summed E-state index contributed by atoms with van der Waals surface area (Å²) in [7, 11) is 0. The van der Waals surface area contributed by atoms with Crippen molar-refractivity contribution in [2.45, 2.75) is 51.5 Å². The van der Waals surface area contributed by atoms with E-state index in [-0.39, 0.29) is 12.0 Å². The molecule has 33 heavy (non-hydrogen) atoms. The van der Waals surface area contributed by atoms with Crippen LogP contribution in [-0.2, 0) is 4.79 Å². The minimum atomic E-state index is 0.124. The van der Waals surface area contributed by atoms with Crippen LogP contribution in [0.25, 0.3) is 17.3 Å². The number of piperazine rings is 1. The van der Waals surface area contributed by atoms with Crippen molar-refractivity contribution in [3.05, 3.63) is 42.0 Å². The number of nitriles is 1. The second-order valence-corrected chi connectivity index (χ2v) is 9.78. The van der Waals surface area contributed by atoms with E-state index < -0.39 is 0 Å². The van der Waals surface area contributed by atoms with Crippen molar-refractivity contribution in [3.8, 4) is 17.3 Å². The molecule has 1 unspecified atom stereocenters. The number of nitrogens with zero attached hydrogens (tertiary/aromatic N) is 6. The molecule has 0 radical (unpaired) electrons. The predicted molar refractivity (Wildman–Crippen MR) is 127 cm³/mol. The molecule has 1 aliphatic heterocycles. The lowest BCUT2D eigenvalue weighted by Crippen LogP contribution is -2.58. The summed E-state index contributed by atoms with van der Waals surface area (Å²) in [4.78, 5) is 31.2. The zero-order chi connectivity index (χ0) is 23.1. The Hall–Kier alpha value is -3.27. The summed E-state index contributed by atoms with van der Waals surface area (Å²) in [6, 6.07) is 4.43. The average molecular weight is 443 g/mol. The van der Waals surface area contributed by atoms with Crippen LogP contribution in [0.5, 0.6) is 0 Å². The van der Waals surface area contributed by atoms with E-state index in [1.165, 1.54) is 0 Å². The van der Waals surface area contributed by atoms with Gasteiger partial charge in [-0.05, 0) is 43.7 Å². The molecule has 1 amide bonds. The molecule has 7 heteroatoms. The molecule has 1 saturated heterocycles. The highest BCUT2D eigenvalue weighted by atomic mass is 16.2. The Bertz CT molecular complexity index is 1130. The quantitative estimate of drug-likeness (QED) is 0.672. The van der Waals surface area contributed by atoms with Crippen molar-refractivity contribution in [1.29, 1.82) is 5.26 Å². The van der Waals surface area contributed by atoms with Crippen molar-refractivity contribution < 1.29 is 4.79 Å². The van der Waals surface area contributed by atoms with Crippen molar-refractivity contribution in [2.75, 3.05) is 24.5 Å². The van der Waals surface area contributed by atoms with Gasteiger partial charge in [0, 0.05) is 37.0 Å². The SMILES string of the molecule is C=Cc1cncc(-c2cc(C#N)c(N3CCN(C(=O)C4CC4)C(C(C)C)C3)nc2C2CC2)n1. The Morgan fingerprint density at radius 3 is 2.64 bits per heavy atom. The third kappa shape index (κ3) is 4.22. The molecule has 0 N–H and O–H groups in total. The van der Waals surface area contributed by atoms with Gasteiger partial charge < -0.3 is 9.80 Å². The molecule has 3 heterocycles. The molecule has 2 saturated carbocycles. The number of hydrogen-bond donors (Lipinski definition) is 0. The Morgan fingerprint density at radius 2 is 2.00 bits per heavy atom. The fourth-order valence-corrected chi connectivity index (χ4v) is 4.73. The fraction of sp³-hybridized carbons (Fsp3) is 0.500. The summed E-state index contributed by atoms with van der Waals surface area (Å²) < 4.78 is 0. The zero-order valence-corrected chi connectivity index (χ0v) is 19.4. The number of aromatic nitrogens is 3. The molecule has 3 fully saturated rings. The number of amides is 1. The van der Waals surface area contributed by atoms with Gasteiger partial charge in [0.15, 0.2) is 0 Å². The van der Waals surface area contributed by atoms with E-state index in [1.807, 2.05) is 6.07 Å². The summed E-state index contributed by atoms with van der Waals surface area (Å²) in [5.74, 6) is 1.98. The van der Waals surface area contributed by atoms with Gasteiger partial charge in [-0.25, -0.2) is 9.97 Å². The normalized spacial score (nSPS) is 20.6. The van der Waals surface area contributed by atoms with Gasteiger partial charge in [-0.3, -0.25) is 9.78 Å². The standard InChI is InChI=1S/C26H30N6O/c1-4-20-13-28-14-22(29-20)21-11-19(12-27)25(30-24(21)17-5-6-17)31-9-10-32(23(15-31)16(2)3)26(33)18-7-8-18/h4,11,13-14,16-18,23H,1,5-10,15H2,2-3H3. The first kappa shape index (κ1) is 21.6. The molecule has 5 rings (SSSR count). The first-order chi connectivity index (χ1) is 16.0. The molecule has 2 aromatic heterocycles. The molecule has 0 aromatic carbocycles. The first-order valence-electron chi connectivity index (χ1n) is 12.0. The van der Waals surface area contributed by atoms with Crippen LogP contribution >= 0.6 is 0 Å². The van der Waals surface area contributed by atoms with Crippen LogP contribution in [0.15, 0.2) is 25.0 Å². The minimum Gasteiger partial charge on any atom is -0.352 e. The topological polar surface area (TPSA) is 86.0 Å². The molecule has 1 atom stereocenters. The molecular weight excluding hydrogens is 412 g/mol. The van der Waals surface area contributed by atoms with Crippen LogP contribution < -0.4 is 4.90 Å². The maximum atomic E-state index is 12.9. The number of anilines is 1. The van der Waals surface area contributed by atoms with Crippen LogP contribution in [0, 0.1) is 23.2 Å². The van der Waals surface area contributed by atoms with Crippen LogP contribution in [0.1, 0.15) is 62.4 Å². The van der Waals surface area contributed by atoms with Gasteiger partial charge in [-0.1, -0.05) is 20.4 Å². The van der Waals surface area contributed by atoms with E-state index in [9.17, 15) is 10.1 Å². The lowest BCUT2D eigenvalue weighted by Gasteiger charge is -2.44. The van der Waals surface area contributed by atoms with E-state index in [4.69, 9.17) is 4.98 Å². The summed E-state index contributed by atoms with van der Waals surface area (Å²) in [6.07, 6.45) is 9.31. The summed E-state index contributed by atoms with van der Waals surface area (Å²) in [6.45, 7) is 10.2. The molecule has 0 bridgehead atoms. The second-order valence-electron chi connectivity index (χ2n) is 9.78. The van der Waals surface area contributed by atoms with Gasteiger partial charge in [-0.15, -0.1) is 0 Å². The zero-order valence-electron chi connectivity index (χ0n) is 19.4. The van der Waals surface area contributed by atoms with Crippen molar-refractivity contribution in [2.24, 2.45) is 11.8 Å². The van der Waals surface area contributed by atoms with Crippen molar-refractivity contribution >= 4 is 17.8 Å². The molecule has 2 aliphatic carbocycles. The van der Waals surface area contributed by atoms with Crippen molar-refractivity contribution in [3.63, 3.8) is 0 Å². The van der Waals surface area contributed by atoms with E-state index in [2.05, 4.69) is 46.3 Å². The maximum Gasteiger partial charge on any atom is 0.226 e. The van der Waals surface area contributed by atoms with E-state index >= 15 is 0 Å². The summed E-state index contributed by atoms with van der Waals surface area (Å²) >= 11 is 0. The molecule has 0 spiro atoms. The van der Waals surface area contributed by atoms with E-state index in [0.717, 1.165) is 48.5 Å². The van der Waals surface area contributed by atoms with Crippen LogP contribution in [0.2, 0.25) is 0 Å². The molecular formula is C26H30N6O. The number of rotatable bonds is 6. The van der Waals surface area contributed by atoms with Gasteiger partial charge in [0.25, 0.3) is 0 Å². The molecule has 7 nitrogen and oxygen atoms in total. The monoisotopic (exact) mass is 442 g/mol. The first-order valence-corrected chi connectivity index (χ1v) is 12.0. The highest BCUT2D eigenvalue weighted by molar-refractivity contribution is 5.82. The number of hydrogen-bond acceptors (Lipinski definition) is 6. The van der Waals surface area contributed by atoms with E-state index in [0.29, 0.717) is 48.6 Å². The number of pyridine rings is 1. The van der Waals surface area contributed by atoms with Crippen molar-refractivity contribution in [1.82, 2.24) is 19.9 Å². The lowest BCUT2D eigenvalue weighted by molar-refractivity contribution is -0.136. The van der Waals surface area contributed by atoms with Gasteiger partial charge in [0.2, 0.25) is 5.91 Å². The smallest absolute Gasteiger partial charge is 0.226 e. The van der Waals surface area contributed by atoms with Crippen LogP contribution in [-0.4, -0.2) is 51.4 Å². The lowest BCUT2D eigenvalue weighted by atomic mass is 9.98. The summed E-state index contributed by atoms with van der Waals surface area (Å²) in [5, 5.41) is 10.0. The van der Waals surface area contributed by atoms with Gasteiger partial charge in [0.05, 0.1) is 41.1 Å². The highest BCUT2D eigenvalue weighted by Gasteiger charge is 2.40. The van der Waals surface area contributed by atoms with Crippen LogP contribution in [0.4, 0.5) is 5.82 Å². The largest absolute Gasteiger partial charge is 0.352 e. The van der Waals surface area contributed by atoms with Gasteiger partial charge in [0.1, 0.15) is 11.9 Å². The summed E-state index contributed by atoms with van der Waals surface area (Å²) in [5.41, 5.74) is 3.86. The number of carbonyl (C=O) groups excluding carboxylic acids is 1. The number of carbonyl (C=O) groups is 1. The van der Waals surface area contributed by atoms with Gasteiger partial charge in [-0.2, -0.15) is 5.26 Å². The maximum absolute atomic E-state index is 12.9. The molecule has 170 valence electrons. The Balaban J connectivity index is 1.50. The van der Waals surface area contributed by atoms with E-state index in [1.54, 1.807) is 18.5 Å². The van der Waals surface area contributed by atoms with Gasteiger partial charge >= 0.3 is 0 Å².